The number of carboxylic acid groups (broad SMARTS) is 1. The monoisotopic (exact) mass is 276 g/mol. The summed E-state index contributed by atoms with van der Waals surface area (Å²) in [6.45, 7) is 2.84. The number of piperidine rings is 1. The number of nitrogens with zero attached hydrogens (tertiary/aromatic N) is 1. The molecule has 1 aliphatic rings. The Balaban J connectivity index is 1.84. The lowest BCUT2D eigenvalue weighted by molar-refractivity contribution is -0.314. The van der Waals surface area contributed by atoms with E-state index < -0.39 is 18.0 Å². The first-order valence-corrected chi connectivity index (χ1v) is 6.74. The Morgan fingerprint density at radius 1 is 1.35 bits per heavy atom. The fraction of sp³-hybridized carbons (Fsp3) is 0.467. The molecular weight excluding hydrogens is 258 g/mol. The first-order chi connectivity index (χ1) is 9.58. The average Bonchev–Trinajstić information content (AvgIpc) is 2.45. The van der Waals surface area contributed by atoms with Crippen molar-refractivity contribution in [2.45, 2.75) is 20.0 Å². The molecule has 1 aliphatic heterocycles. The topological polar surface area (TPSA) is 69.7 Å². The molecule has 5 nitrogen and oxygen atoms in total. The van der Waals surface area contributed by atoms with Crippen LogP contribution in [0.15, 0.2) is 30.3 Å². The lowest BCUT2D eigenvalue weighted by atomic mass is 9.87. The van der Waals surface area contributed by atoms with E-state index in [1.54, 1.807) is 4.90 Å². The second-order valence-electron chi connectivity index (χ2n) is 5.18. The van der Waals surface area contributed by atoms with Crippen LogP contribution in [-0.2, 0) is 16.1 Å². The summed E-state index contributed by atoms with van der Waals surface area (Å²) >= 11 is 0. The normalized spacial score (nSPS) is 22.4. The van der Waals surface area contributed by atoms with Gasteiger partial charge in [-0.05, 0) is 17.9 Å². The molecule has 0 N–H and O–H groups in total. The second kappa shape index (κ2) is 6.41. The van der Waals surface area contributed by atoms with Gasteiger partial charge in [0.2, 0.25) is 0 Å². The van der Waals surface area contributed by atoms with Crippen LogP contribution in [0.2, 0.25) is 0 Å². The molecule has 1 saturated heterocycles. The zero-order valence-corrected chi connectivity index (χ0v) is 11.5. The van der Waals surface area contributed by atoms with Crippen molar-refractivity contribution < 1.29 is 19.4 Å². The van der Waals surface area contributed by atoms with Crippen LogP contribution in [0, 0.1) is 11.8 Å². The molecule has 0 aliphatic carbocycles. The first-order valence-electron chi connectivity index (χ1n) is 6.74. The quantitative estimate of drug-likeness (QED) is 0.827. The maximum absolute atomic E-state index is 11.9. The van der Waals surface area contributed by atoms with Gasteiger partial charge in [0, 0.05) is 25.0 Å². The molecule has 1 amide bonds. The highest BCUT2D eigenvalue weighted by Crippen LogP contribution is 2.23. The van der Waals surface area contributed by atoms with E-state index in [0.717, 1.165) is 5.56 Å². The number of likely N-dealkylation sites (tertiary alicyclic amines) is 1. The van der Waals surface area contributed by atoms with Gasteiger partial charge in [-0.15, -0.1) is 0 Å². The van der Waals surface area contributed by atoms with E-state index in [4.69, 9.17) is 4.74 Å². The van der Waals surface area contributed by atoms with E-state index in [0.29, 0.717) is 19.5 Å². The summed E-state index contributed by atoms with van der Waals surface area (Å²) in [5.41, 5.74) is 0.929. The first kappa shape index (κ1) is 14.4. The Morgan fingerprint density at radius 2 is 2.05 bits per heavy atom. The summed E-state index contributed by atoms with van der Waals surface area (Å²) in [4.78, 5) is 24.4. The van der Waals surface area contributed by atoms with Crippen molar-refractivity contribution in [1.29, 1.82) is 0 Å². The fourth-order valence-electron chi connectivity index (χ4n) is 2.47. The third kappa shape index (κ3) is 3.50. The molecule has 2 rings (SSSR count). The SMILES string of the molecule is CC1CN(C(=O)OCc2ccccc2)CCC1C(=O)[O-]. The van der Waals surface area contributed by atoms with Gasteiger partial charge in [-0.1, -0.05) is 37.3 Å². The number of amides is 1. The molecule has 108 valence electrons. The largest absolute Gasteiger partial charge is 0.550 e. The summed E-state index contributed by atoms with van der Waals surface area (Å²) in [5.74, 6) is -1.62. The Morgan fingerprint density at radius 3 is 2.65 bits per heavy atom. The summed E-state index contributed by atoms with van der Waals surface area (Å²) in [7, 11) is 0. The van der Waals surface area contributed by atoms with E-state index in [2.05, 4.69) is 0 Å². The predicted molar refractivity (Wildman–Crippen MR) is 70.5 cm³/mol. The molecule has 1 aromatic rings. The van der Waals surface area contributed by atoms with Crippen molar-refractivity contribution >= 4 is 12.1 Å². The zero-order valence-electron chi connectivity index (χ0n) is 11.5. The minimum Gasteiger partial charge on any atom is -0.550 e. The molecule has 5 heteroatoms. The number of aliphatic carboxylic acids is 1. The van der Waals surface area contributed by atoms with Crippen LogP contribution in [0.4, 0.5) is 4.79 Å². The molecule has 0 spiro atoms. The minimum atomic E-state index is -1.03. The Labute approximate surface area is 118 Å². The highest BCUT2D eigenvalue weighted by atomic mass is 16.6. The molecule has 0 radical (unpaired) electrons. The van der Waals surface area contributed by atoms with E-state index in [1.165, 1.54) is 0 Å². The van der Waals surface area contributed by atoms with Gasteiger partial charge in [-0.3, -0.25) is 0 Å². The number of hydrogen-bond donors (Lipinski definition) is 0. The average molecular weight is 276 g/mol. The summed E-state index contributed by atoms with van der Waals surface area (Å²) in [6, 6.07) is 9.45. The van der Waals surface area contributed by atoms with Crippen molar-refractivity contribution in [3.05, 3.63) is 35.9 Å². The van der Waals surface area contributed by atoms with Crippen molar-refractivity contribution in [3.63, 3.8) is 0 Å². The third-order valence-electron chi connectivity index (χ3n) is 3.67. The molecule has 2 unspecified atom stereocenters. The van der Waals surface area contributed by atoms with Gasteiger partial charge in [0.25, 0.3) is 0 Å². The van der Waals surface area contributed by atoms with Gasteiger partial charge in [0.15, 0.2) is 0 Å². The zero-order chi connectivity index (χ0) is 14.5. The molecule has 0 saturated carbocycles. The van der Waals surface area contributed by atoms with Crippen molar-refractivity contribution in [2.75, 3.05) is 13.1 Å². The molecule has 0 bridgehead atoms. The smallest absolute Gasteiger partial charge is 0.410 e. The van der Waals surface area contributed by atoms with E-state index in [9.17, 15) is 14.7 Å². The molecule has 0 aromatic heterocycles. The van der Waals surface area contributed by atoms with E-state index >= 15 is 0 Å². The fourth-order valence-corrected chi connectivity index (χ4v) is 2.47. The standard InChI is InChI=1S/C15H19NO4/c1-11-9-16(8-7-13(11)14(17)18)15(19)20-10-12-5-3-2-4-6-12/h2-6,11,13H,7-10H2,1H3,(H,17,18)/p-1. The Bertz CT molecular complexity index is 474. The summed E-state index contributed by atoms with van der Waals surface area (Å²) < 4.78 is 5.24. The van der Waals surface area contributed by atoms with Gasteiger partial charge in [0.1, 0.15) is 6.61 Å². The number of carbonyl (C=O) groups excluding carboxylic acids is 2. The Kier molecular flexibility index (Phi) is 4.61. The van der Waals surface area contributed by atoms with Crippen LogP contribution >= 0.6 is 0 Å². The van der Waals surface area contributed by atoms with Crippen LogP contribution in [0.3, 0.4) is 0 Å². The second-order valence-corrected chi connectivity index (χ2v) is 5.18. The number of carboxylic acids is 1. The Hall–Kier alpha value is -2.04. The van der Waals surface area contributed by atoms with Crippen LogP contribution in [-0.4, -0.2) is 30.1 Å². The van der Waals surface area contributed by atoms with Crippen molar-refractivity contribution in [1.82, 2.24) is 4.90 Å². The molecule has 1 aromatic carbocycles. The molecule has 20 heavy (non-hydrogen) atoms. The van der Waals surface area contributed by atoms with Gasteiger partial charge in [0.05, 0.1) is 0 Å². The van der Waals surface area contributed by atoms with Gasteiger partial charge >= 0.3 is 6.09 Å². The summed E-state index contributed by atoms with van der Waals surface area (Å²) in [6.07, 6.45) is 0.0294. The number of rotatable bonds is 3. The minimum absolute atomic E-state index is 0.113. The maximum atomic E-state index is 11.9. The van der Waals surface area contributed by atoms with Crippen LogP contribution in [0.1, 0.15) is 18.9 Å². The van der Waals surface area contributed by atoms with Gasteiger partial charge < -0.3 is 19.5 Å². The highest BCUT2D eigenvalue weighted by Gasteiger charge is 2.30. The number of benzene rings is 1. The van der Waals surface area contributed by atoms with Crippen LogP contribution in [0.25, 0.3) is 0 Å². The van der Waals surface area contributed by atoms with Crippen LogP contribution in [0.5, 0.6) is 0 Å². The molecule has 1 heterocycles. The lowest BCUT2D eigenvalue weighted by Crippen LogP contribution is -2.48. The molecular formula is C15H18NO4-. The highest BCUT2D eigenvalue weighted by molar-refractivity contribution is 5.70. The van der Waals surface area contributed by atoms with Gasteiger partial charge in [-0.2, -0.15) is 0 Å². The summed E-state index contributed by atoms with van der Waals surface area (Å²) in [5, 5.41) is 10.9. The lowest BCUT2D eigenvalue weighted by Gasteiger charge is -2.36. The van der Waals surface area contributed by atoms with E-state index in [-0.39, 0.29) is 12.5 Å². The van der Waals surface area contributed by atoms with E-state index in [1.807, 2.05) is 37.3 Å². The van der Waals surface area contributed by atoms with Gasteiger partial charge in [-0.25, -0.2) is 4.79 Å². The van der Waals surface area contributed by atoms with Crippen molar-refractivity contribution in [3.8, 4) is 0 Å². The third-order valence-corrected chi connectivity index (χ3v) is 3.67. The molecule has 2 atom stereocenters. The number of hydrogen-bond acceptors (Lipinski definition) is 4. The number of carbonyl (C=O) groups is 2. The maximum Gasteiger partial charge on any atom is 0.410 e. The molecule has 1 fully saturated rings. The number of ether oxygens (including phenoxy) is 1. The van der Waals surface area contributed by atoms with Crippen LogP contribution < -0.4 is 5.11 Å². The van der Waals surface area contributed by atoms with Crippen molar-refractivity contribution in [2.24, 2.45) is 11.8 Å². The predicted octanol–water partition coefficient (Wildman–Crippen LogP) is 1.03.